The number of aliphatic carboxylic acids is 1. The lowest BCUT2D eigenvalue weighted by molar-refractivity contribution is -0.142. The van der Waals surface area contributed by atoms with Crippen molar-refractivity contribution < 1.29 is 15.0 Å². The number of carboxylic acid groups (broad SMARTS) is 1. The summed E-state index contributed by atoms with van der Waals surface area (Å²) in [6.45, 7) is -0.294. The van der Waals surface area contributed by atoms with Gasteiger partial charge in [0.25, 0.3) is 0 Å². The first-order chi connectivity index (χ1) is 8.04. The number of carboxylic acids is 1. The summed E-state index contributed by atoms with van der Waals surface area (Å²) < 4.78 is 0.416. The number of rotatable bonds is 3. The second kappa shape index (κ2) is 4.64. The number of hydrogen-bond donors (Lipinski definition) is 2. The Balaban J connectivity index is 2.35. The molecule has 0 aromatic heterocycles. The van der Waals surface area contributed by atoms with Gasteiger partial charge in [-0.25, -0.2) is 0 Å². The molecule has 0 amide bonds. The van der Waals surface area contributed by atoms with Crippen LogP contribution in [0.1, 0.15) is 5.56 Å². The third kappa shape index (κ3) is 2.29. The van der Waals surface area contributed by atoms with Gasteiger partial charge in [-0.15, -0.1) is 0 Å². The van der Waals surface area contributed by atoms with Crippen LogP contribution in [-0.4, -0.2) is 37.7 Å². The summed E-state index contributed by atoms with van der Waals surface area (Å²) in [5.41, 5.74) is -0.657. The summed E-state index contributed by atoms with van der Waals surface area (Å²) >= 11 is 6.37. The summed E-state index contributed by atoms with van der Waals surface area (Å²) in [5, 5.41) is 19.4. The first-order valence-electron chi connectivity index (χ1n) is 4.98. The van der Waals surface area contributed by atoms with Gasteiger partial charge in [0.05, 0.1) is 5.75 Å². The lowest BCUT2D eigenvalue weighted by Gasteiger charge is -2.33. The lowest BCUT2D eigenvalue weighted by Crippen LogP contribution is -2.46. The van der Waals surface area contributed by atoms with Crippen LogP contribution in [0.15, 0.2) is 30.3 Å². The third-order valence-electron chi connectivity index (χ3n) is 2.59. The van der Waals surface area contributed by atoms with Gasteiger partial charge in [0.1, 0.15) is 10.9 Å². The molecule has 0 radical (unpaired) electrons. The summed E-state index contributed by atoms with van der Waals surface area (Å²) in [6, 6.07) is 8.98. The Morgan fingerprint density at radius 1 is 1.47 bits per heavy atom. The molecule has 6 heteroatoms. The average molecular weight is 269 g/mol. The van der Waals surface area contributed by atoms with Gasteiger partial charge < -0.3 is 15.1 Å². The Morgan fingerprint density at radius 3 is 2.71 bits per heavy atom. The standard InChI is InChI=1S/C11H11NO3S2/c13-9(14)6-12-10(16)17-7-11(12,15)8-4-2-1-3-5-8/h1-5,15H,6-7H2,(H,13,14). The predicted octanol–water partition coefficient (Wildman–Crippen LogP) is 1.25. The maximum Gasteiger partial charge on any atom is 0.323 e. The van der Waals surface area contributed by atoms with Crippen molar-refractivity contribution in [3.8, 4) is 0 Å². The molecule has 2 rings (SSSR count). The monoisotopic (exact) mass is 269 g/mol. The average Bonchev–Trinajstić information content (AvgIpc) is 2.59. The van der Waals surface area contributed by atoms with Crippen LogP contribution in [0, 0.1) is 0 Å². The molecule has 0 aliphatic carbocycles. The molecule has 0 bridgehead atoms. The number of carbonyl (C=O) groups is 1. The Labute approximate surface area is 108 Å². The molecule has 1 atom stereocenters. The summed E-state index contributed by atoms with van der Waals surface area (Å²) in [5.74, 6) is -0.660. The highest BCUT2D eigenvalue weighted by Gasteiger charge is 2.44. The number of nitrogens with zero attached hydrogens (tertiary/aromatic N) is 1. The van der Waals surface area contributed by atoms with E-state index in [0.29, 0.717) is 15.6 Å². The van der Waals surface area contributed by atoms with Gasteiger partial charge in [0, 0.05) is 5.56 Å². The molecule has 1 aliphatic rings. The van der Waals surface area contributed by atoms with E-state index in [1.54, 1.807) is 24.3 Å². The maximum atomic E-state index is 10.8. The van der Waals surface area contributed by atoms with Crippen LogP contribution >= 0.6 is 24.0 Å². The molecule has 2 N–H and O–H groups in total. The predicted molar refractivity (Wildman–Crippen MR) is 69.7 cm³/mol. The lowest BCUT2D eigenvalue weighted by atomic mass is 10.0. The smallest absolute Gasteiger partial charge is 0.323 e. The molecule has 0 spiro atoms. The summed E-state index contributed by atoms with van der Waals surface area (Å²) in [6.07, 6.45) is 0. The maximum absolute atomic E-state index is 10.8. The van der Waals surface area contributed by atoms with Crippen LogP contribution in [0.5, 0.6) is 0 Å². The molecule has 1 saturated heterocycles. The largest absolute Gasteiger partial charge is 0.480 e. The van der Waals surface area contributed by atoms with Crippen LogP contribution < -0.4 is 0 Å². The van der Waals surface area contributed by atoms with E-state index in [1.165, 1.54) is 16.7 Å². The highest BCUT2D eigenvalue weighted by molar-refractivity contribution is 8.23. The van der Waals surface area contributed by atoms with Gasteiger partial charge in [-0.2, -0.15) is 0 Å². The second-order valence-corrected chi connectivity index (χ2v) is 5.33. The van der Waals surface area contributed by atoms with E-state index in [0.717, 1.165) is 0 Å². The fourth-order valence-electron chi connectivity index (χ4n) is 1.74. The van der Waals surface area contributed by atoms with E-state index in [2.05, 4.69) is 0 Å². The number of thioether (sulfide) groups is 1. The minimum absolute atomic E-state index is 0.294. The van der Waals surface area contributed by atoms with Gasteiger partial charge >= 0.3 is 5.97 Å². The van der Waals surface area contributed by atoms with E-state index < -0.39 is 11.7 Å². The van der Waals surface area contributed by atoms with Crippen molar-refractivity contribution in [3.05, 3.63) is 35.9 Å². The minimum Gasteiger partial charge on any atom is -0.480 e. The van der Waals surface area contributed by atoms with Crippen molar-refractivity contribution in [1.82, 2.24) is 4.90 Å². The highest BCUT2D eigenvalue weighted by Crippen LogP contribution is 2.38. The van der Waals surface area contributed by atoms with Crippen molar-refractivity contribution in [2.45, 2.75) is 5.72 Å². The molecular formula is C11H11NO3S2. The van der Waals surface area contributed by atoms with Crippen LogP contribution in [0.2, 0.25) is 0 Å². The molecule has 1 aromatic rings. The molecule has 90 valence electrons. The minimum atomic E-state index is -1.32. The van der Waals surface area contributed by atoms with E-state index >= 15 is 0 Å². The number of thiocarbonyl (C=S) groups is 1. The molecular weight excluding hydrogens is 258 g/mol. The van der Waals surface area contributed by atoms with Crippen molar-refractivity contribution in [3.63, 3.8) is 0 Å². The fourth-order valence-corrected chi connectivity index (χ4v) is 3.16. The zero-order valence-electron chi connectivity index (χ0n) is 8.87. The normalized spacial score (nSPS) is 24.1. The number of hydrogen-bond acceptors (Lipinski definition) is 4. The van der Waals surface area contributed by atoms with Gasteiger partial charge in [-0.3, -0.25) is 4.79 Å². The number of aliphatic hydroxyl groups is 1. The molecule has 1 fully saturated rings. The molecule has 1 heterocycles. The molecule has 1 aliphatic heterocycles. The fraction of sp³-hybridized carbons (Fsp3) is 0.273. The van der Waals surface area contributed by atoms with Crippen LogP contribution in [0.3, 0.4) is 0 Å². The zero-order valence-corrected chi connectivity index (χ0v) is 10.5. The third-order valence-corrected chi connectivity index (χ3v) is 4.18. The van der Waals surface area contributed by atoms with Gasteiger partial charge in [-0.05, 0) is 0 Å². The first kappa shape index (κ1) is 12.3. The van der Waals surface area contributed by atoms with Gasteiger partial charge in [0.15, 0.2) is 5.72 Å². The summed E-state index contributed by atoms with van der Waals surface area (Å²) in [4.78, 5) is 12.2. The zero-order chi connectivity index (χ0) is 12.5. The van der Waals surface area contributed by atoms with Crippen molar-refractivity contribution >= 4 is 34.3 Å². The topological polar surface area (TPSA) is 60.8 Å². The van der Waals surface area contributed by atoms with Gasteiger partial charge in [0.2, 0.25) is 0 Å². The molecule has 1 unspecified atom stereocenters. The van der Waals surface area contributed by atoms with Crippen molar-refractivity contribution in [2.75, 3.05) is 12.3 Å². The second-order valence-electron chi connectivity index (χ2n) is 3.72. The Morgan fingerprint density at radius 2 is 2.12 bits per heavy atom. The van der Waals surface area contributed by atoms with E-state index in [9.17, 15) is 9.90 Å². The van der Waals surface area contributed by atoms with Crippen molar-refractivity contribution in [2.24, 2.45) is 0 Å². The first-order valence-corrected chi connectivity index (χ1v) is 6.37. The van der Waals surface area contributed by atoms with Gasteiger partial charge in [-0.1, -0.05) is 54.3 Å². The molecule has 0 saturated carbocycles. The Kier molecular flexibility index (Phi) is 3.37. The van der Waals surface area contributed by atoms with Crippen LogP contribution in [-0.2, 0) is 10.5 Å². The Hall–Kier alpha value is -1.11. The van der Waals surface area contributed by atoms with Crippen LogP contribution in [0.4, 0.5) is 0 Å². The molecule has 17 heavy (non-hydrogen) atoms. The molecule has 4 nitrogen and oxygen atoms in total. The van der Waals surface area contributed by atoms with Crippen molar-refractivity contribution in [1.29, 1.82) is 0 Å². The Bertz CT molecular complexity index is 451. The van der Waals surface area contributed by atoms with Crippen LogP contribution in [0.25, 0.3) is 0 Å². The quantitative estimate of drug-likeness (QED) is 0.805. The van der Waals surface area contributed by atoms with E-state index in [4.69, 9.17) is 17.3 Å². The molecule has 1 aromatic carbocycles. The summed E-state index contributed by atoms with van der Waals surface area (Å²) in [7, 11) is 0. The SMILES string of the molecule is O=C(O)CN1C(=S)SCC1(O)c1ccccc1. The van der Waals surface area contributed by atoms with E-state index in [-0.39, 0.29) is 6.54 Å². The highest BCUT2D eigenvalue weighted by atomic mass is 32.2. The van der Waals surface area contributed by atoms with E-state index in [1.807, 2.05) is 6.07 Å². The number of benzene rings is 1.